The molecule has 20 heavy (non-hydrogen) atoms. The van der Waals surface area contributed by atoms with E-state index in [1.807, 2.05) is 0 Å². The van der Waals surface area contributed by atoms with Crippen molar-refractivity contribution in [3.8, 4) is 0 Å². The maximum atomic E-state index is 5.28. The predicted molar refractivity (Wildman–Crippen MR) is 89.1 cm³/mol. The van der Waals surface area contributed by atoms with Gasteiger partial charge < -0.3 is 15.4 Å². The molecular formula is C16H26N2OS. The van der Waals surface area contributed by atoms with Gasteiger partial charge in [0.05, 0.1) is 6.04 Å². The zero-order chi connectivity index (χ0) is 14.8. The fourth-order valence-corrected chi connectivity index (χ4v) is 2.29. The third-order valence-electron chi connectivity index (χ3n) is 3.18. The highest BCUT2D eigenvalue weighted by Gasteiger charge is 2.06. The minimum atomic E-state index is 0.216. The van der Waals surface area contributed by atoms with Crippen molar-refractivity contribution in [2.75, 3.05) is 20.3 Å². The molecule has 2 N–H and O–H groups in total. The highest BCUT2D eigenvalue weighted by Crippen LogP contribution is 2.14. The molecule has 0 aliphatic heterocycles. The lowest BCUT2D eigenvalue weighted by atomic mass is 10.0. The second kappa shape index (κ2) is 9.72. The molecule has 1 rings (SSSR count). The van der Waals surface area contributed by atoms with E-state index in [9.17, 15) is 0 Å². The fraction of sp³-hybridized carbons (Fsp3) is 0.562. The van der Waals surface area contributed by atoms with Crippen LogP contribution in [0.4, 0.5) is 0 Å². The fourth-order valence-electron chi connectivity index (χ4n) is 2.01. The highest BCUT2D eigenvalue weighted by atomic mass is 32.1. The lowest BCUT2D eigenvalue weighted by Gasteiger charge is -2.17. The van der Waals surface area contributed by atoms with E-state index in [1.165, 1.54) is 17.5 Å². The van der Waals surface area contributed by atoms with Gasteiger partial charge in [0.1, 0.15) is 0 Å². The molecule has 0 aliphatic carbocycles. The number of ether oxygens (including phenoxy) is 1. The van der Waals surface area contributed by atoms with Crippen LogP contribution in [0.3, 0.4) is 0 Å². The van der Waals surface area contributed by atoms with Gasteiger partial charge in [-0.3, -0.25) is 0 Å². The molecule has 112 valence electrons. The largest absolute Gasteiger partial charge is 0.385 e. The van der Waals surface area contributed by atoms with Gasteiger partial charge >= 0.3 is 0 Å². The van der Waals surface area contributed by atoms with Crippen LogP contribution in [0, 0.1) is 0 Å². The van der Waals surface area contributed by atoms with Crippen molar-refractivity contribution in [2.24, 2.45) is 0 Å². The molecule has 0 radical (unpaired) electrons. The molecular weight excluding hydrogens is 268 g/mol. The number of hydrogen-bond donors (Lipinski definition) is 2. The van der Waals surface area contributed by atoms with Crippen LogP contribution in [0.15, 0.2) is 24.3 Å². The lowest BCUT2D eigenvalue weighted by Crippen LogP contribution is -2.37. The normalized spacial score (nSPS) is 11.9. The highest BCUT2D eigenvalue weighted by molar-refractivity contribution is 7.80. The summed E-state index contributed by atoms with van der Waals surface area (Å²) in [5.74, 6) is 0. The van der Waals surface area contributed by atoms with Gasteiger partial charge in [-0.25, -0.2) is 0 Å². The number of methoxy groups -OCH3 is 1. The van der Waals surface area contributed by atoms with Gasteiger partial charge in [-0.05, 0) is 43.1 Å². The quantitative estimate of drug-likeness (QED) is 0.570. The van der Waals surface area contributed by atoms with Crippen LogP contribution in [0.1, 0.15) is 43.9 Å². The monoisotopic (exact) mass is 294 g/mol. The summed E-state index contributed by atoms with van der Waals surface area (Å²) in [5, 5.41) is 7.19. The van der Waals surface area contributed by atoms with E-state index in [2.05, 4.69) is 48.7 Å². The van der Waals surface area contributed by atoms with Gasteiger partial charge in [-0.2, -0.15) is 0 Å². The maximum Gasteiger partial charge on any atom is 0.166 e. The first kappa shape index (κ1) is 16.9. The summed E-state index contributed by atoms with van der Waals surface area (Å²) >= 11 is 5.28. The maximum absolute atomic E-state index is 5.28. The topological polar surface area (TPSA) is 33.3 Å². The molecule has 0 fully saturated rings. The Bertz CT molecular complexity index is 392. The van der Waals surface area contributed by atoms with Crippen LogP contribution < -0.4 is 10.6 Å². The van der Waals surface area contributed by atoms with Crippen LogP contribution >= 0.6 is 12.2 Å². The molecule has 0 bridgehead atoms. The molecule has 1 aromatic carbocycles. The Morgan fingerprint density at radius 1 is 1.30 bits per heavy atom. The van der Waals surface area contributed by atoms with E-state index < -0.39 is 0 Å². The number of hydrogen-bond acceptors (Lipinski definition) is 2. The van der Waals surface area contributed by atoms with Gasteiger partial charge in [0.25, 0.3) is 0 Å². The molecule has 0 saturated carbocycles. The van der Waals surface area contributed by atoms with Crippen LogP contribution in [0.2, 0.25) is 0 Å². The number of aryl methyl sites for hydroxylation is 1. The van der Waals surface area contributed by atoms with Crippen molar-refractivity contribution >= 4 is 17.3 Å². The second-order valence-electron chi connectivity index (χ2n) is 4.96. The minimum absolute atomic E-state index is 0.216. The zero-order valence-corrected chi connectivity index (χ0v) is 13.6. The average Bonchev–Trinajstić information content (AvgIpc) is 2.45. The van der Waals surface area contributed by atoms with Crippen LogP contribution in [-0.4, -0.2) is 25.4 Å². The Hall–Kier alpha value is -1.13. The van der Waals surface area contributed by atoms with Crippen LogP contribution in [0.25, 0.3) is 0 Å². The van der Waals surface area contributed by atoms with Crippen molar-refractivity contribution in [1.82, 2.24) is 10.6 Å². The van der Waals surface area contributed by atoms with Gasteiger partial charge in [0.15, 0.2) is 5.11 Å². The minimum Gasteiger partial charge on any atom is -0.385 e. The summed E-state index contributed by atoms with van der Waals surface area (Å²) in [6.45, 7) is 5.91. The Balaban J connectivity index is 2.37. The summed E-state index contributed by atoms with van der Waals surface area (Å²) in [6.07, 6.45) is 3.28. The Morgan fingerprint density at radius 2 is 2.00 bits per heavy atom. The molecule has 0 amide bonds. The van der Waals surface area contributed by atoms with Crippen molar-refractivity contribution < 1.29 is 4.74 Å². The van der Waals surface area contributed by atoms with Gasteiger partial charge in [-0.1, -0.05) is 37.6 Å². The van der Waals surface area contributed by atoms with E-state index >= 15 is 0 Å². The first-order valence-corrected chi connectivity index (χ1v) is 7.70. The summed E-state index contributed by atoms with van der Waals surface area (Å²) in [6, 6.07) is 8.97. The molecule has 0 aliphatic rings. The molecule has 3 nitrogen and oxygen atoms in total. The van der Waals surface area contributed by atoms with Gasteiger partial charge in [0.2, 0.25) is 0 Å². The summed E-state index contributed by atoms with van der Waals surface area (Å²) in [4.78, 5) is 0. The SMILES string of the molecule is CCCc1ccc(C(C)NC(=S)NCCCOC)cc1. The van der Waals surface area contributed by atoms with Crippen molar-refractivity contribution in [3.05, 3.63) is 35.4 Å². The number of rotatable bonds is 8. The Labute approximate surface area is 128 Å². The van der Waals surface area contributed by atoms with Gasteiger partial charge in [-0.15, -0.1) is 0 Å². The molecule has 0 saturated heterocycles. The first-order valence-electron chi connectivity index (χ1n) is 7.29. The van der Waals surface area contributed by atoms with Crippen LogP contribution in [0.5, 0.6) is 0 Å². The Kier molecular flexibility index (Phi) is 8.23. The summed E-state index contributed by atoms with van der Waals surface area (Å²) in [5.41, 5.74) is 2.65. The van der Waals surface area contributed by atoms with E-state index in [0.717, 1.165) is 26.0 Å². The predicted octanol–water partition coefficient (Wildman–Crippen LogP) is 3.20. The number of benzene rings is 1. The summed E-state index contributed by atoms with van der Waals surface area (Å²) in [7, 11) is 1.71. The lowest BCUT2D eigenvalue weighted by molar-refractivity contribution is 0.195. The third-order valence-corrected chi connectivity index (χ3v) is 3.44. The molecule has 0 aromatic heterocycles. The van der Waals surface area contributed by atoms with Crippen molar-refractivity contribution in [1.29, 1.82) is 0 Å². The standard InChI is InChI=1S/C16H26N2OS/c1-4-6-14-7-9-15(10-8-14)13(2)18-16(20)17-11-5-12-19-3/h7-10,13H,4-6,11-12H2,1-3H3,(H2,17,18,20). The molecule has 1 atom stereocenters. The molecule has 0 heterocycles. The third kappa shape index (κ3) is 6.35. The van der Waals surface area contributed by atoms with Crippen molar-refractivity contribution in [3.63, 3.8) is 0 Å². The first-order chi connectivity index (χ1) is 9.67. The molecule has 4 heteroatoms. The molecule has 1 aromatic rings. The number of nitrogens with one attached hydrogen (secondary N) is 2. The zero-order valence-electron chi connectivity index (χ0n) is 12.7. The molecule has 1 unspecified atom stereocenters. The van der Waals surface area contributed by atoms with E-state index in [-0.39, 0.29) is 6.04 Å². The van der Waals surface area contributed by atoms with E-state index in [0.29, 0.717) is 5.11 Å². The average molecular weight is 294 g/mol. The summed E-state index contributed by atoms with van der Waals surface area (Å²) < 4.78 is 5.00. The smallest absolute Gasteiger partial charge is 0.166 e. The van der Waals surface area contributed by atoms with E-state index in [4.69, 9.17) is 17.0 Å². The molecule has 0 spiro atoms. The van der Waals surface area contributed by atoms with E-state index in [1.54, 1.807) is 7.11 Å². The second-order valence-corrected chi connectivity index (χ2v) is 5.37. The Morgan fingerprint density at radius 3 is 2.60 bits per heavy atom. The van der Waals surface area contributed by atoms with Crippen molar-refractivity contribution in [2.45, 2.75) is 39.2 Å². The van der Waals surface area contributed by atoms with Gasteiger partial charge in [0, 0.05) is 20.3 Å². The number of thiocarbonyl (C=S) groups is 1. The van der Waals surface area contributed by atoms with Crippen LogP contribution in [-0.2, 0) is 11.2 Å².